The minimum absolute atomic E-state index is 0.0523. The fourth-order valence-electron chi connectivity index (χ4n) is 2.33. The van der Waals surface area contributed by atoms with E-state index < -0.39 is 0 Å². The summed E-state index contributed by atoms with van der Waals surface area (Å²) in [5.41, 5.74) is 2.30. The Bertz CT molecular complexity index is 633. The highest BCUT2D eigenvalue weighted by atomic mass is 16.3. The highest BCUT2D eigenvalue weighted by Gasteiger charge is 2.07. The second kappa shape index (κ2) is 9.55. The summed E-state index contributed by atoms with van der Waals surface area (Å²) < 4.78 is 4.99. The van der Waals surface area contributed by atoms with Crippen LogP contribution in [-0.4, -0.2) is 24.9 Å². The van der Waals surface area contributed by atoms with Gasteiger partial charge in [-0.05, 0) is 36.1 Å². The Morgan fingerprint density at radius 2 is 1.71 bits per heavy atom. The second-order valence-electron chi connectivity index (χ2n) is 5.68. The molecule has 2 aromatic rings. The van der Waals surface area contributed by atoms with Crippen molar-refractivity contribution < 1.29 is 14.0 Å². The molecule has 0 aliphatic heterocycles. The topological polar surface area (TPSA) is 71.3 Å². The molecule has 0 spiro atoms. The first kappa shape index (κ1) is 17.8. The van der Waals surface area contributed by atoms with Gasteiger partial charge in [-0.3, -0.25) is 9.59 Å². The zero-order valence-electron chi connectivity index (χ0n) is 14.0. The first-order valence-electron chi connectivity index (χ1n) is 8.35. The average molecular weight is 328 g/mol. The van der Waals surface area contributed by atoms with Gasteiger partial charge in [-0.2, -0.15) is 0 Å². The molecule has 128 valence electrons. The Labute approximate surface area is 142 Å². The average Bonchev–Trinajstić information content (AvgIpc) is 3.12. The van der Waals surface area contributed by atoms with Gasteiger partial charge in [0.05, 0.1) is 12.7 Å². The number of nitrogens with one attached hydrogen (secondary N) is 2. The van der Waals surface area contributed by atoms with Crippen LogP contribution in [0, 0.1) is 0 Å². The van der Waals surface area contributed by atoms with Gasteiger partial charge in [0.15, 0.2) is 5.76 Å². The molecule has 0 bridgehead atoms. The van der Waals surface area contributed by atoms with Gasteiger partial charge in [0.2, 0.25) is 5.91 Å². The maximum Gasteiger partial charge on any atom is 0.287 e. The lowest BCUT2D eigenvalue weighted by Crippen LogP contribution is -2.35. The van der Waals surface area contributed by atoms with Crippen LogP contribution >= 0.6 is 0 Å². The third-order valence-electron chi connectivity index (χ3n) is 3.68. The van der Waals surface area contributed by atoms with Gasteiger partial charge >= 0.3 is 0 Å². The van der Waals surface area contributed by atoms with E-state index in [-0.39, 0.29) is 17.6 Å². The summed E-state index contributed by atoms with van der Waals surface area (Å²) in [6, 6.07) is 11.4. The molecular weight excluding hydrogens is 304 g/mol. The van der Waals surface area contributed by atoms with E-state index in [0.717, 1.165) is 12.0 Å². The van der Waals surface area contributed by atoms with E-state index in [0.29, 0.717) is 19.5 Å². The molecule has 0 aliphatic rings. The maximum absolute atomic E-state index is 11.9. The first-order valence-corrected chi connectivity index (χ1v) is 8.35. The smallest absolute Gasteiger partial charge is 0.287 e. The molecule has 0 saturated carbocycles. The van der Waals surface area contributed by atoms with E-state index in [4.69, 9.17) is 4.42 Å². The maximum atomic E-state index is 11.9. The third-order valence-corrected chi connectivity index (χ3v) is 3.68. The fraction of sp³-hybridized carbons (Fsp3) is 0.368. The molecule has 5 nitrogen and oxygen atoms in total. The summed E-state index contributed by atoms with van der Waals surface area (Å²) in [6.45, 7) is 2.93. The van der Waals surface area contributed by atoms with Crippen molar-refractivity contribution in [2.24, 2.45) is 0 Å². The number of carbonyl (C=O) groups excluding carboxylic acids is 2. The van der Waals surface area contributed by atoms with E-state index in [1.54, 1.807) is 12.1 Å². The molecule has 1 aromatic heterocycles. The van der Waals surface area contributed by atoms with Crippen molar-refractivity contribution in [2.45, 2.75) is 32.6 Å². The van der Waals surface area contributed by atoms with Crippen LogP contribution in [0.15, 0.2) is 47.1 Å². The highest BCUT2D eigenvalue weighted by molar-refractivity contribution is 5.91. The summed E-state index contributed by atoms with van der Waals surface area (Å²) in [5, 5.41) is 5.48. The van der Waals surface area contributed by atoms with Crippen LogP contribution < -0.4 is 10.6 Å². The molecular formula is C19H24N2O3. The van der Waals surface area contributed by atoms with E-state index in [9.17, 15) is 9.59 Å². The van der Waals surface area contributed by atoms with Crippen LogP contribution in [0.4, 0.5) is 0 Å². The minimum Gasteiger partial charge on any atom is -0.459 e. The molecule has 0 saturated heterocycles. The van der Waals surface area contributed by atoms with Gasteiger partial charge in [-0.1, -0.05) is 37.6 Å². The molecule has 0 radical (unpaired) electrons. The lowest BCUT2D eigenvalue weighted by molar-refractivity contribution is -0.120. The quantitative estimate of drug-likeness (QED) is 0.695. The van der Waals surface area contributed by atoms with Crippen LogP contribution in [0.1, 0.15) is 41.4 Å². The Balaban J connectivity index is 1.65. The van der Waals surface area contributed by atoms with Crippen LogP contribution in [0.2, 0.25) is 0 Å². The van der Waals surface area contributed by atoms with Crippen LogP contribution in [0.25, 0.3) is 0 Å². The normalized spacial score (nSPS) is 10.4. The van der Waals surface area contributed by atoms with Crippen LogP contribution in [0.3, 0.4) is 0 Å². The summed E-state index contributed by atoms with van der Waals surface area (Å²) in [7, 11) is 0. The van der Waals surface area contributed by atoms with E-state index >= 15 is 0 Å². The number of amides is 2. The molecule has 0 fully saturated rings. The van der Waals surface area contributed by atoms with E-state index in [2.05, 4.69) is 29.7 Å². The van der Waals surface area contributed by atoms with Crippen molar-refractivity contribution in [3.05, 3.63) is 59.5 Å². The molecule has 0 atom stereocenters. The van der Waals surface area contributed by atoms with Crippen LogP contribution in [0.5, 0.6) is 0 Å². The van der Waals surface area contributed by atoms with Crippen molar-refractivity contribution in [3.8, 4) is 0 Å². The number of furan rings is 1. The van der Waals surface area contributed by atoms with E-state index in [1.807, 2.05) is 12.1 Å². The SMILES string of the molecule is CCCCc1ccc(CC(=O)NCCNC(=O)c2ccco2)cc1. The number of unbranched alkanes of at least 4 members (excludes halogenated alkanes) is 1. The lowest BCUT2D eigenvalue weighted by Gasteiger charge is -2.07. The van der Waals surface area contributed by atoms with Gasteiger partial charge in [0.1, 0.15) is 0 Å². The molecule has 2 N–H and O–H groups in total. The Hall–Kier alpha value is -2.56. The summed E-state index contributed by atoms with van der Waals surface area (Å²) >= 11 is 0. The Kier molecular flexibility index (Phi) is 7.08. The van der Waals surface area contributed by atoms with Crippen molar-refractivity contribution in [1.82, 2.24) is 10.6 Å². The standard InChI is InChI=1S/C19H24N2O3/c1-2-3-5-15-7-9-16(10-8-15)14-18(22)20-11-12-21-19(23)17-6-4-13-24-17/h4,6-10,13H,2-3,5,11-12,14H2,1H3,(H,20,22)(H,21,23). The number of rotatable bonds is 9. The van der Waals surface area contributed by atoms with E-state index in [1.165, 1.54) is 24.7 Å². The van der Waals surface area contributed by atoms with Gasteiger partial charge in [0.25, 0.3) is 5.91 Å². The molecule has 1 aromatic carbocycles. The zero-order valence-corrected chi connectivity index (χ0v) is 14.0. The van der Waals surface area contributed by atoms with Crippen molar-refractivity contribution in [2.75, 3.05) is 13.1 Å². The van der Waals surface area contributed by atoms with Crippen molar-refractivity contribution in [1.29, 1.82) is 0 Å². The van der Waals surface area contributed by atoms with Gasteiger partial charge in [-0.15, -0.1) is 0 Å². The van der Waals surface area contributed by atoms with Gasteiger partial charge in [-0.25, -0.2) is 0 Å². The highest BCUT2D eigenvalue weighted by Crippen LogP contribution is 2.08. The summed E-state index contributed by atoms with van der Waals surface area (Å²) in [6.07, 6.45) is 5.24. The zero-order chi connectivity index (χ0) is 17.2. The van der Waals surface area contributed by atoms with Crippen molar-refractivity contribution in [3.63, 3.8) is 0 Å². The second-order valence-corrected chi connectivity index (χ2v) is 5.68. The number of hydrogen-bond acceptors (Lipinski definition) is 3. The monoisotopic (exact) mass is 328 g/mol. The Morgan fingerprint density at radius 1 is 1.00 bits per heavy atom. The Morgan fingerprint density at radius 3 is 2.38 bits per heavy atom. The molecule has 0 aliphatic carbocycles. The summed E-state index contributed by atoms with van der Waals surface area (Å²) in [5.74, 6) is -0.0648. The molecule has 1 heterocycles. The predicted molar refractivity (Wildman–Crippen MR) is 92.8 cm³/mol. The lowest BCUT2D eigenvalue weighted by atomic mass is 10.0. The molecule has 5 heteroatoms. The minimum atomic E-state index is -0.281. The summed E-state index contributed by atoms with van der Waals surface area (Å²) in [4.78, 5) is 23.5. The molecule has 2 rings (SSSR count). The first-order chi connectivity index (χ1) is 11.7. The number of aryl methyl sites for hydroxylation is 1. The van der Waals surface area contributed by atoms with Crippen molar-refractivity contribution >= 4 is 11.8 Å². The number of benzene rings is 1. The predicted octanol–water partition coefficient (Wildman–Crippen LogP) is 2.71. The number of carbonyl (C=O) groups is 2. The molecule has 0 unspecified atom stereocenters. The number of hydrogen-bond donors (Lipinski definition) is 2. The van der Waals surface area contributed by atoms with Gasteiger partial charge < -0.3 is 15.1 Å². The molecule has 24 heavy (non-hydrogen) atoms. The van der Waals surface area contributed by atoms with Gasteiger partial charge in [0, 0.05) is 13.1 Å². The fourth-order valence-corrected chi connectivity index (χ4v) is 2.33. The third kappa shape index (κ3) is 5.91. The molecule has 2 amide bonds. The largest absolute Gasteiger partial charge is 0.459 e. The van der Waals surface area contributed by atoms with Crippen LogP contribution in [-0.2, 0) is 17.6 Å².